The van der Waals surface area contributed by atoms with E-state index in [0.29, 0.717) is 26.6 Å². The molecular weight excluding hydrogens is 1720 g/mol. The largest absolute Gasteiger partial charge is 0.618 e. The lowest BCUT2D eigenvalue weighted by Gasteiger charge is -2.19. The summed E-state index contributed by atoms with van der Waals surface area (Å²) in [5, 5.41) is 22.2. The zero-order valence-electron chi connectivity index (χ0n) is 67.9. The summed E-state index contributed by atoms with van der Waals surface area (Å²) >= 11 is 29.9. The lowest BCUT2D eigenvalue weighted by atomic mass is 9.87. The number of hydrogen-bond donors (Lipinski definition) is 4. The number of aryl methyl sites for hydroxylation is 1. The van der Waals surface area contributed by atoms with Crippen molar-refractivity contribution in [2.75, 3.05) is 18.9 Å². The number of hydrogen-bond acceptors (Lipinski definition) is 19. The molecule has 12 rings (SSSR count). The summed E-state index contributed by atoms with van der Waals surface area (Å²) in [4.78, 5) is 59.6. The van der Waals surface area contributed by atoms with Crippen LogP contribution in [0.1, 0.15) is 170 Å². The first-order valence-electron chi connectivity index (χ1n) is 36.8. The molecule has 0 fully saturated rings. The molecule has 33 heteroatoms. The smallest absolute Gasteiger partial charge is 0.262 e. The van der Waals surface area contributed by atoms with E-state index in [2.05, 4.69) is 64.6 Å². The highest BCUT2D eigenvalue weighted by Gasteiger charge is 2.29. The minimum absolute atomic E-state index is 0.00217. The molecule has 12 aromatic rings. The van der Waals surface area contributed by atoms with Gasteiger partial charge in [-0.1, -0.05) is 202 Å². The average molecular weight is 1810 g/mol. The van der Waals surface area contributed by atoms with Gasteiger partial charge in [-0.05, 0) is 178 Å². The monoisotopic (exact) mass is 1810 g/mol. The lowest BCUT2D eigenvalue weighted by molar-refractivity contribution is -0.612. The standard InChI is InChI=1S/C23H20ClN3O3S.C22H20Cl2N2O3S.C22H22ClN3O4S.C21H22ClN3O3S/c1-23(2,3)17-7-9-19(10-8-17)31(29,30)27-20-12-18(24)14-26-21(20)22(28)16-6-4-5-15(11-16)13-25;1-22(2,3)15-6-10-18(11-7-15)30(28,29)26-19-12-17(24)13-25-20(19)21(27)14-4-8-16(23)9-5-14;1-14-18(6-5-11-26(14)28)21(27)20-19(12-16(23)13-24-20)25-31(29,30)17-9-7-15(8-10-17)22(2,3)4;1-14-5-8-17(13-23-14)28-20-19(11-16(22)12-24-20)25-29(26,27)18-9-6-15(7-10-18)21(2,3)4/h4-12,14,27H,1-3H3;4-13,26H,1-3H3;5-13,25H,1-4H3;5-13,25H,1-4H3. The van der Waals surface area contributed by atoms with Crippen LogP contribution in [-0.2, 0) is 61.8 Å². The zero-order valence-corrected chi connectivity index (χ0v) is 74.9. The minimum atomic E-state index is -4.02. The van der Waals surface area contributed by atoms with Crippen molar-refractivity contribution in [3.63, 3.8) is 0 Å². The fourth-order valence-electron chi connectivity index (χ4n) is 11.2. The van der Waals surface area contributed by atoms with E-state index < -0.39 is 57.4 Å². The Morgan fingerprint density at radius 3 is 1.09 bits per heavy atom. The molecular formula is C88H84Cl5N11O13S4. The molecule has 6 aromatic carbocycles. The number of carbonyl (C=O) groups is 3. The molecule has 0 atom stereocenters. The Hall–Kier alpha value is -11.2. The van der Waals surface area contributed by atoms with Crippen LogP contribution >= 0.6 is 58.0 Å². The third-order valence-electron chi connectivity index (χ3n) is 18.0. The minimum Gasteiger partial charge on any atom is -0.618 e. The fourth-order valence-corrected chi connectivity index (χ4v) is 16.2. The van der Waals surface area contributed by atoms with Crippen molar-refractivity contribution in [1.82, 2.24) is 24.9 Å². The number of anilines is 4. The maximum absolute atomic E-state index is 13.0. The van der Waals surface area contributed by atoms with E-state index in [1.807, 2.05) is 75.3 Å². The Bertz CT molecular complexity index is 6390. The highest BCUT2D eigenvalue weighted by Crippen LogP contribution is 2.36. The van der Waals surface area contributed by atoms with Crippen molar-refractivity contribution < 1.29 is 57.5 Å². The van der Waals surface area contributed by atoms with Crippen molar-refractivity contribution in [3.8, 4) is 17.7 Å². The second-order valence-electron chi connectivity index (χ2n) is 31.4. The molecule has 0 amide bonds. The summed E-state index contributed by atoms with van der Waals surface area (Å²) in [5.74, 6) is -1.07. The van der Waals surface area contributed by atoms with E-state index in [4.69, 9.17) is 68.0 Å². The van der Waals surface area contributed by atoms with Gasteiger partial charge in [0.1, 0.15) is 28.5 Å². The van der Waals surface area contributed by atoms with Crippen molar-refractivity contribution in [1.29, 1.82) is 5.26 Å². The average Bonchev–Trinajstić information content (AvgIpc) is 0.809. The maximum atomic E-state index is 13.0. The molecule has 4 N–H and O–H groups in total. The van der Waals surface area contributed by atoms with Gasteiger partial charge >= 0.3 is 0 Å². The number of nitrogens with one attached hydrogen (secondary N) is 4. The molecule has 0 saturated heterocycles. The first kappa shape index (κ1) is 93.6. The van der Waals surface area contributed by atoms with Gasteiger partial charge in [0.2, 0.25) is 28.9 Å². The molecule has 0 spiro atoms. The molecule has 0 aliphatic heterocycles. The van der Waals surface area contributed by atoms with Crippen LogP contribution in [0.5, 0.6) is 11.6 Å². The molecule has 0 radical (unpaired) electrons. The van der Waals surface area contributed by atoms with Crippen LogP contribution in [-0.4, -0.2) is 75.9 Å². The van der Waals surface area contributed by atoms with E-state index in [1.165, 1.54) is 129 Å². The predicted octanol–water partition coefficient (Wildman–Crippen LogP) is 20.0. The number of rotatable bonds is 20. The second-order valence-corrected chi connectivity index (χ2v) is 40.3. The number of ether oxygens (including phenoxy) is 1. The van der Waals surface area contributed by atoms with Crippen LogP contribution in [0.2, 0.25) is 25.1 Å². The number of ketones is 3. The number of nitrogens with zero attached hydrogens (tertiary/aromatic N) is 7. The van der Waals surface area contributed by atoms with Gasteiger partial charge in [0, 0.05) is 59.6 Å². The number of halogens is 5. The van der Waals surface area contributed by atoms with Crippen LogP contribution in [0.4, 0.5) is 22.7 Å². The number of benzene rings is 6. The molecule has 121 heavy (non-hydrogen) atoms. The molecule has 6 aromatic heterocycles. The number of aromatic nitrogens is 6. The van der Waals surface area contributed by atoms with E-state index in [-0.39, 0.29) is 124 Å². The molecule has 628 valence electrons. The Balaban J connectivity index is 0.000000183. The number of nitriles is 1. The van der Waals surface area contributed by atoms with Gasteiger partial charge in [-0.25, -0.2) is 53.6 Å². The summed E-state index contributed by atoms with van der Waals surface area (Å²) in [6.07, 6.45) is 7.99. The molecule has 6 heterocycles. The highest BCUT2D eigenvalue weighted by atomic mass is 35.5. The van der Waals surface area contributed by atoms with Gasteiger partial charge in [-0.3, -0.25) is 38.3 Å². The van der Waals surface area contributed by atoms with Gasteiger partial charge in [0.25, 0.3) is 40.1 Å². The Kier molecular flexibility index (Phi) is 29.6. The lowest BCUT2D eigenvalue weighted by Crippen LogP contribution is -2.31. The molecule has 0 saturated carbocycles. The first-order chi connectivity index (χ1) is 56.4. The van der Waals surface area contributed by atoms with E-state index in [9.17, 15) is 53.3 Å². The van der Waals surface area contributed by atoms with Gasteiger partial charge in [-0.15, -0.1) is 0 Å². The maximum Gasteiger partial charge on any atom is 0.262 e. The highest BCUT2D eigenvalue weighted by molar-refractivity contribution is 7.93. The molecule has 0 aliphatic rings. The molecule has 0 aliphatic carbocycles. The van der Waals surface area contributed by atoms with Gasteiger partial charge in [-0.2, -0.15) is 9.99 Å². The third kappa shape index (κ3) is 25.0. The summed E-state index contributed by atoms with van der Waals surface area (Å²) in [6, 6.07) is 52.6. The van der Waals surface area contributed by atoms with Crippen LogP contribution in [0.25, 0.3) is 0 Å². The number of sulfonamides is 4. The van der Waals surface area contributed by atoms with Crippen molar-refractivity contribution in [3.05, 3.63) is 335 Å². The van der Waals surface area contributed by atoms with Gasteiger partial charge in [0.15, 0.2) is 6.20 Å². The number of pyridine rings is 6. The molecule has 24 nitrogen and oxygen atoms in total. The van der Waals surface area contributed by atoms with Crippen molar-refractivity contribution >= 4 is 138 Å². The van der Waals surface area contributed by atoms with Crippen LogP contribution in [0.3, 0.4) is 0 Å². The number of carbonyl (C=O) groups excluding carboxylic acids is 3. The van der Waals surface area contributed by atoms with Gasteiger partial charge in [0.05, 0.1) is 80.1 Å². The van der Waals surface area contributed by atoms with Crippen LogP contribution in [0, 0.1) is 30.4 Å². The molecule has 0 unspecified atom stereocenters. The van der Waals surface area contributed by atoms with Gasteiger partial charge < -0.3 is 9.94 Å². The second kappa shape index (κ2) is 38.2. The van der Waals surface area contributed by atoms with E-state index in [1.54, 1.807) is 109 Å². The Morgan fingerprint density at radius 1 is 0.388 bits per heavy atom. The quantitative estimate of drug-likeness (QED) is 0.0313. The fraction of sp³-hybridized carbons (Fsp3) is 0.205. The van der Waals surface area contributed by atoms with E-state index in [0.717, 1.165) is 27.9 Å². The summed E-state index contributed by atoms with van der Waals surface area (Å²) in [5.41, 5.74) is 5.25. The van der Waals surface area contributed by atoms with Crippen LogP contribution in [0.15, 0.2) is 251 Å². The Morgan fingerprint density at radius 2 is 0.736 bits per heavy atom. The van der Waals surface area contributed by atoms with Crippen LogP contribution < -0.4 is 28.4 Å². The SMILES string of the molecule is CC(C)(C)c1ccc(S(=O)(=O)Nc2cc(Cl)cnc2C(=O)c2ccc(Cl)cc2)cc1.CC(C)(C)c1ccc(S(=O)(=O)Nc2cc(Cl)cnc2C(=O)c2cccc(C#N)c2)cc1.Cc1c(C(=O)c2ncc(Cl)cc2NS(=O)(=O)c2ccc(C(C)(C)C)cc2)ccc[n+]1[O-].Cc1ccc(Oc2ncc(Cl)cc2NS(=O)(=O)c2ccc(C(C)(C)C)cc2)cn1. The zero-order chi connectivity index (χ0) is 89.1. The summed E-state index contributed by atoms with van der Waals surface area (Å²) < 4.78 is 119. The normalized spacial score (nSPS) is 11.8. The summed E-state index contributed by atoms with van der Waals surface area (Å²) in [6.45, 7) is 27.9. The Labute approximate surface area is 729 Å². The third-order valence-corrected chi connectivity index (χ3v) is 24.6. The topological polar surface area (TPSA) is 360 Å². The molecule has 0 bridgehead atoms. The summed E-state index contributed by atoms with van der Waals surface area (Å²) in [7, 11) is -15.8. The van der Waals surface area contributed by atoms with E-state index >= 15 is 0 Å². The van der Waals surface area contributed by atoms with Crippen molar-refractivity contribution in [2.24, 2.45) is 0 Å². The first-order valence-corrected chi connectivity index (χ1v) is 44.6. The predicted molar refractivity (Wildman–Crippen MR) is 473 cm³/mol. The van der Waals surface area contributed by atoms with Crippen molar-refractivity contribution in [2.45, 2.75) is 138 Å².